The van der Waals surface area contributed by atoms with Crippen LogP contribution in [0, 0.1) is 11.7 Å². The van der Waals surface area contributed by atoms with Gasteiger partial charge in [0.25, 0.3) is 5.91 Å². The third kappa shape index (κ3) is 10.5. The average molecular weight is 565 g/mol. The summed E-state index contributed by atoms with van der Waals surface area (Å²) in [7, 11) is 0. The number of fused-ring (bicyclic) bond motifs is 2. The lowest BCUT2D eigenvalue weighted by atomic mass is 10.0. The van der Waals surface area contributed by atoms with Gasteiger partial charge in [-0.15, -0.1) is 0 Å². The van der Waals surface area contributed by atoms with Crippen molar-refractivity contribution < 1.29 is 33.4 Å². The molecule has 1 aromatic heterocycles. The summed E-state index contributed by atoms with van der Waals surface area (Å²) < 4.78 is 20.0. The number of nitrogens with one attached hydrogen (secondary N) is 3. The number of halogens is 1. The van der Waals surface area contributed by atoms with Crippen molar-refractivity contribution in [1.82, 2.24) is 20.9 Å². The first-order chi connectivity index (χ1) is 18.5. The van der Waals surface area contributed by atoms with Crippen LogP contribution in [-0.2, 0) is 25.7 Å². The van der Waals surface area contributed by atoms with Crippen LogP contribution in [0.15, 0.2) is 36.1 Å². The Labute approximate surface area is 232 Å². The summed E-state index contributed by atoms with van der Waals surface area (Å²) in [4.78, 5) is 54.3. The molecule has 0 spiro atoms. The van der Waals surface area contributed by atoms with Gasteiger partial charge in [0.1, 0.15) is 18.4 Å². The first kappa shape index (κ1) is 32.1. The van der Waals surface area contributed by atoms with Crippen LogP contribution in [0.3, 0.4) is 0 Å². The number of hydrogen-bond acceptors (Lipinski definition) is 9. The summed E-state index contributed by atoms with van der Waals surface area (Å²) >= 11 is 1.23. The third-order valence-electron chi connectivity index (χ3n) is 5.71. The molecule has 10 nitrogen and oxygen atoms in total. The monoisotopic (exact) mass is 564 g/mol. The summed E-state index contributed by atoms with van der Waals surface area (Å²) in [6.07, 6.45) is 3.98. The Bertz CT molecular complexity index is 1090. The molecule has 2 unspecified atom stereocenters. The SMILES string of the molecule is C/C=C1\NC(=O)c2nc(ccc2F)CNC(=O)C[C@@H](/C=C/CCSC(=O)CCC)OC(=O)C(C(C)C)NC1O. The second kappa shape index (κ2) is 16.1. The predicted molar refractivity (Wildman–Crippen MR) is 146 cm³/mol. The number of hydrogen-bond donors (Lipinski definition) is 4. The van der Waals surface area contributed by atoms with Crippen LogP contribution in [-0.4, -0.2) is 57.1 Å². The van der Waals surface area contributed by atoms with Crippen molar-refractivity contribution in [2.45, 2.75) is 78.3 Å². The summed E-state index contributed by atoms with van der Waals surface area (Å²) in [5, 5.41) is 18.7. The molecule has 1 aliphatic rings. The van der Waals surface area contributed by atoms with E-state index < -0.39 is 47.7 Å². The standard InChI is InChI=1S/C27H37FN4O6S/c1-5-9-22(34)39-13-8-7-10-18-14-21(33)29-15-17-11-12-19(28)24(30-17)26(36)31-20(6-2)25(35)32-23(16(3)4)27(37)38-18/h6-7,10-12,16,18,23,25,32,35H,5,8-9,13-15H2,1-4H3,(H,29,33)(H,31,36)/b10-7+,20-6-/t18-,23?,25?/m1/s1. The Morgan fingerprint density at radius 1 is 1.31 bits per heavy atom. The van der Waals surface area contributed by atoms with E-state index in [9.17, 15) is 28.7 Å². The van der Waals surface area contributed by atoms with E-state index >= 15 is 0 Å². The second-order valence-electron chi connectivity index (χ2n) is 9.27. The zero-order valence-electron chi connectivity index (χ0n) is 22.7. The molecular formula is C27H37FN4O6S. The van der Waals surface area contributed by atoms with Gasteiger partial charge in [0.15, 0.2) is 16.6 Å². The third-order valence-corrected chi connectivity index (χ3v) is 6.68. The first-order valence-corrected chi connectivity index (χ1v) is 13.9. The topological polar surface area (TPSA) is 147 Å². The predicted octanol–water partition coefficient (Wildman–Crippen LogP) is 2.72. The maximum absolute atomic E-state index is 14.4. The number of aliphatic hydroxyl groups is 1. The van der Waals surface area contributed by atoms with Gasteiger partial charge in [0.05, 0.1) is 24.4 Å². The van der Waals surface area contributed by atoms with Crippen LogP contribution in [0.1, 0.15) is 69.6 Å². The van der Waals surface area contributed by atoms with E-state index in [1.165, 1.54) is 23.9 Å². The number of pyridine rings is 1. The Balaban J connectivity index is 2.31. The number of amides is 2. The average Bonchev–Trinajstić information content (AvgIpc) is 2.88. The highest BCUT2D eigenvalue weighted by molar-refractivity contribution is 8.13. The smallest absolute Gasteiger partial charge is 0.324 e. The summed E-state index contributed by atoms with van der Waals surface area (Å²) in [6.45, 7) is 6.89. The van der Waals surface area contributed by atoms with Crippen LogP contribution in [0.25, 0.3) is 0 Å². The molecule has 0 saturated carbocycles. The summed E-state index contributed by atoms with van der Waals surface area (Å²) in [5.41, 5.74) is -0.270. The molecule has 2 heterocycles. The van der Waals surface area contributed by atoms with E-state index in [0.717, 1.165) is 12.5 Å². The molecular weight excluding hydrogens is 527 g/mol. The Kier molecular flexibility index (Phi) is 13.3. The van der Waals surface area contributed by atoms with Gasteiger partial charge in [0.2, 0.25) is 5.91 Å². The highest BCUT2D eigenvalue weighted by atomic mass is 32.2. The van der Waals surface area contributed by atoms with Gasteiger partial charge >= 0.3 is 5.97 Å². The zero-order chi connectivity index (χ0) is 28.9. The Morgan fingerprint density at radius 2 is 2.05 bits per heavy atom. The van der Waals surface area contributed by atoms with E-state index in [-0.39, 0.29) is 35.4 Å². The molecule has 214 valence electrons. The van der Waals surface area contributed by atoms with E-state index in [1.54, 1.807) is 32.9 Å². The van der Waals surface area contributed by atoms with Crippen molar-refractivity contribution in [2.75, 3.05) is 5.75 Å². The lowest BCUT2D eigenvalue weighted by Crippen LogP contribution is -2.51. The number of thioether (sulfide) groups is 1. The number of allylic oxidation sites excluding steroid dienone is 2. The molecule has 39 heavy (non-hydrogen) atoms. The normalized spacial score (nSPS) is 22.6. The number of aliphatic hydroxyl groups excluding tert-OH is 1. The number of carbonyl (C=O) groups excluding carboxylic acids is 4. The lowest BCUT2D eigenvalue weighted by molar-refractivity contribution is -0.152. The number of aromatic nitrogens is 1. The number of rotatable bonds is 7. The van der Waals surface area contributed by atoms with Crippen LogP contribution in [0.4, 0.5) is 4.39 Å². The van der Waals surface area contributed by atoms with Crippen molar-refractivity contribution in [2.24, 2.45) is 5.92 Å². The van der Waals surface area contributed by atoms with Crippen LogP contribution in [0.2, 0.25) is 0 Å². The number of carbonyl (C=O) groups is 4. The molecule has 12 heteroatoms. The van der Waals surface area contributed by atoms with Gasteiger partial charge in [0, 0.05) is 12.2 Å². The maximum Gasteiger partial charge on any atom is 0.324 e. The van der Waals surface area contributed by atoms with Crippen LogP contribution < -0.4 is 16.0 Å². The lowest BCUT2D eigenvalue weighted by Gasteiger charge is -2.27. The minimum Gasteiger partial charge on any atom is -0.456 e. The van der Waals surface area contributed by atoms with Crippen LogP contribution >= 0.6 is 11.8 Å². The van der Waals surface area contributed by atoms with Crippen molar-refractivity contribution in [3.05, 3.63) is 53.3 Å². The maximum atomic E-state index is 14.4. The molecule has 0 radical (unpaired) electrons. The summed E-state index contributed by atoms with van der Waals surface area (Å²) in [5.74, 6) is -2.71. The molecule has 2 rings (SSSR count). The zero-order valence-corrected chi connectivity index (χ0v) is 23.5. The van der Waals surface area contributed by atoms with E-state index in [1.807, 2.05) is 6.92 Å². The minimum atomic E-state index is -1.49. The van der Waals surface area contributed by atoms with Crippen molar-refractivity contribution >= 4 is 34.7 Å². The first-order valence-electron chi connectivity index (χ1n) is 12.9. The minimum absolute atomic E-state index is 0.00276. The molecule has 2 bridgehead atoms. The van der Waals surface area contributed by atoms with E-state index in [2.05, 4.69) is 20.9 Å². The molecule has 3 atom stereocenters. The molecule has 1 aromatic rings. The van der Waals surface area contributed by atoms with Gasteiger partial charge in [-0.1, -0.05) is 44.7 Å². The van der Waals surface area contributed by atoms with Gasteiger partial charge in [-0.25, -0.2) is 9.37 Å². The number of esters is 1. The molecule has 2 amide bonds. The van der Waals surface area contributed by atoms with Crippen LogP contribution in [0.5, 0.6) is 0 Å². The fraction of sp³-hybridized carbons (Fsp3) is 0.519. The van der Waals surface area contributed by atoms with Gasteiger partial charge in [-0.2, -0.15) is 0 Å². The molecule has 0 saturated heterocycles. The molecule has 0 aromatic carbocycles. The molecule has 4 N–H and O–H groups in total. The highest BCUT2D eigenvalue weighted by Crippen LogP contribution is 2.14. The number of ether oxygens (including phenoxy) is 1. The second-order valence-corrected chi connectivity index (χ2v) is 10.4. The highest BCUT2D eigenvalue weighted by Gasteiger charge is 2.30. The molecule has 0 fully saturated rings. The van der Waals surface area contributed by atoms with Crippen molar-refractivity contribution in [3.63, 3.8) is 0 Å². The number of nitrogens with zero attached hydrogens (tertiary/aromatic N) is 1. The quantitative estimate of drug-likeness (QED) is 0.223. The van der Waals surface area contributed by atoms with Gasteiger partial charge in [-0.3, -0.25) is 24.5 Å². The van der Waals surface area contributed by atoms with E-state index in [4.69, 9.17) is 4.74 Å². The number of cyclic esters (lactones) is 1. The van der Waals surface area contributed by atoms with Gasteiger partial charge < -0.3 is 20.5 Å². The Morgan fingerprint density at radius 3 is 2.72 bits per heavy atom. The fourth-order valence-electron chi connectivity index (χ4n) is 3.60. The fourth-order valence-corrected chi connectivity index (χ4v) is 4.43. The van der Waals surface area contributed by atoms with E-state index in [0.29, 0.717) is 18.6 Å². The molecule has 0 aliphatic carbocycles. The Hall–Kier alpha value is -3.09. The van der Waals surface area contributed by atoms with Crippen molar-refractivity contribution in [3.8, 4) is 0 Å². The molecule has 1 aliphatic heterocycles. The van der Waals surface area contributed by atoms with Gasteiger partial charge in [-0.05, 0) is 43.9 Å². The largest absolute Gasteiger partial charge is 0.456 e. The van der Waals surface area contributed by atoms with Crippen molar-refractivity contribution in [1.29, 1.82) is 0 Å². The summed E-state index contributed by atoms with van der Waals surface area (Å²) in [6, 6.07) is 1.41.